The van der Waals surface area contributed by atoms with Crippen LogP contribution in [0.4, 0.5) is 13.2 Å². The maximum atomic E-state index is 12.9. The summed E-state index contributed by atoms with van der Waals surface area (Å²) in [6, 6.07) is 7.22. The first-order chi connectivity index (χ1) is 8.82. The molecular weight excluding hydrogens is 283 g/mol. The van der Waals surface area contributed by atoms with Gasteiger partial charge >= 0.3 is 12.1 Å². The second-order valence-corrected chi connectivity index (χ2v) is 4.07. The minimum absolute atomic E-state index is 0.0213. The van der Waals surface area contributed by atoms with Crippen LogP contribution >= 0.6 is 11.8 Å². The van der Waals surface area contributed by atoms with E-state index in [2.05, 4.69) is 0 Å². The zero-order valence-corrected chi connectivity index (χ0v) is 10.0. The van der Waals surface area contributed by atoms with Crippen LogP contribution < -0.4 is 0 Å². The van der Waals surface area contributed by atoms with Crippen molar-refractivity contribution >= 4 is 17.7 Å². The maximum absolute atomic E-state index is 12.9. The lowest BCUT2D eigenvalue weighted by Gasteiger charge is -2.12. The number of rotatable bonds is 2. The molecule has 0 aliphatic rings. The third-order valence-electron chi connectivity index (χ3n) is 2.55. The van der Waals surface area contributed by atoms with Gasteiger partial charge in [-0.3, -0.25) is 0 Å². The molecule has 1 heterocycles. The van der Waals surface area contributed by atoms with Crippen molar-refractivity contribution < 1.29 is 23.1 Å². The summed E-state index contributed by atoms with van der Waals surface area (Å²) in [6.45, 7) is 0. The fourth-order valence-electron chi connectivity index (χ4n) is 1.72. The molecule has 0 bridgehead atoms. The van der Waals surface area contributed by atoms with E-state index in [4.69, 9.17) is 16.9 Å². The highest BCUT2D eigenvalue weighted by atomic mass is 35.5. The van der Waals surface area contributed by atoms with Crippen LogP contribution in [0.15, 0.2) is 36.4 Å². The fourth-order valence-corrected chi connectivity index (χ4v) is 2.00. The lowest BCUT2D eigenvalue weighted by Crippen LogP contribution is -2.08. The van der Waals surface area contributed by atoms with Gasteiger partial charge in [0.2, 0.25) is 0 Å². The molecule has 1 aromatic heterocycles. The molecule has 0 radical (unpaired) electrons. The number of nitrogens with zero attached hydrogens (tertiary/aromatic N) is 1. The van der Waals surface area contributed by atoms with Gasteiger partial charge in [0.15, 0.2) is 0 Å². The van der Waals surface area contributed by atoms with Gasteiger partial charge in [0, 0.05) is 17.3 Å². The summed E-state index contributed by atoms with van der Waals surface area (Å²) in [5.74, 6) is -1.31. The van der Waals surface area contributed by atoms with Gasteiger partial charge in [-0.1, -0.05) is 18.2 Å². The SMILES string of the molecule is O=C(O)c1ccc(-c2ccccc2C(F)(F)F)n1Cl. The Hall–Kier alpha value is -1.95. The number of hydrogen-bond donors (Lipinski definition) is 1. The molecule has 0 spiro atoms. The first kappa shape index (κ1) is 13.5. The van der Waals surface area contributed by atoms with E-state index in [1.165, 1.54) is 24.3 Å². The summed E-state index contributed by atoms with van der Waals surface area (Å²) in [5.41, 5.74) is -1.36. The van der Waals surface area contributed by atoms with Gasteiger partial charge in [0.1, 0.15) is 5.69 Å². The van der Waals surface area contributed by atoms with Crippen molar-refractivity contribution in [2.45, 2.75) is 6.18 Å². The van der Waals surface area contributed by atoms with Crippen LogP contribution in [-0.4, -0.2) is 15.2 Å². The van der Waals surface area contributed by atoms with Crippen molar-refractivity contribution in [1.29, 1.82) is 0 Å². The smallest absolute Gasteiger partial charge is 0.417 e. The van der Waals surface area contributed by atoms with E-state index in [1.54, 1.807) is 0 Å². The number of carboxylic acid groups (broad SMARTS) is 1. The molecule has 0 unspecified atom stereocenters. The van der Waals surface area contributed by atoms with E-state index < -0.39 is 17.7 Å². The highest BCUT2D eigenvalue weighted by Gasteiger charge is 2.34. The van der Waals surface area contributed by atoms with Crippen molar-refractivity contribution in [2.75, 3.05) is 0 Å². The third-order valence-corrected chi connectivity index (χ3v) is 2.91. The van der Waals surface area contributed by atoms with Crippen LogP contribution in [0.1, 0.15) is 16.1 Å². The predicted octanol–water partition coefficient (Wildman–Crippen LogP) is 3.87. The van der Waals surface area contributed by atoms with Crippen molar-refractivity contribution in [1.82, 2.24) is 4.09 Å². The van der Waals surface area contributed by atoms with Gasteiger partial charge in [-0.25, -0.2) is 8.88 Å². The summed E-state index contributed by atoms with van der Waals surface area (Å²) >= 11 is 5.74. The Morgan fingerprint density at radius 2 is 1.79 bits per heavy atom. The average molecular weight is 290 g/mol. The van der Waals surface area contributed by atoms with Gasteiger partial charge in [0.05, 0.1) is 11.3 Å². The molecule has 0 aliphatic heterocycles. The van der Waals surface area contributed by atoms with E-state index in [0.717, 1.165) is 12.1 Å². The van der Waals surface area contributed by atoms with Crippen molar-refractivity contribution in [3.63, 3.8) is 0 Å². The van der Waals surface area contributed by atoms with Crippen LogP contribution in [0.25, 0.3) is 11.3 Å². The largest absolute Gasteiger partial charge is 0.477 e. The topological polar surface area (TPSA) is 42.2 Å². The first-order valence-corrected chi connectivity index (χ1v) is 5.44. The third kappa shape index (κ3) is 2.44. The number of alkyl halides is 3. The van der Waals surface area contributed by atoms with Gasteiger partial charge in [-0.15, -0.1) is 0 Å². The number of benzene rings is 1. The van der Waals surface area contributed by atoms with Crippen LogP contribution in [0, 0.1) is 0 Å². The number of aromatic carboxylic acids is 1. The van der Waals surface area contributed by atoms with Crippen molar-refractivity contribution in [3.05, 3.63) is 47.7 Å². The summed E-state index contributed by atoms with van der Waals surface area (Å²) in [5, 5.41) is 8.83. The molecule has 7 heteroatoms. The van der Waals surface area contributed by atoms with Gasteiger partial charge in [0.25, 0.3) is 0 Å². The van der Waals surface area contributed by atoms with Crippen LogP contribution in [0.2, 0.25) is 0 Å². The molecule has 0 amide bonds. The number of carboxylic acids is 1. The lowest BCUT2D eigenvalue weighted by molar-refractivity contribution is -0.137. The molecule has 2 aromatic rings. The monoisotopic (exact) mass is 289 g/mol. The zero-order valence-electron chi connectivity index (χ0n) is 9.28. The Kier molecular flexibility index (Phi) is 3.28. The van der Waals surface area contributed by atoms with Crippen LogP contribution in [0.3, 0.4) is 0 Å². The molecule has 3 nitrogen and oxygen atoms in total. The molecule has 2 rings (SSSR count). The van der Waals surface area contributed by atoms with E-state index in [0.29, 0.717) is 4.09 Å². The maximum Gasteiger partial charge on any atom is 0.417 e. The molecule has 0 fully saturated rings. The second-order valence-electron chi connectivity index (χ2n) is 3.73. The minimum atomic E-state index is -4.54. The van der Waals surface area contributed by atoms with E-state index >= 15 is 0 Å². The summed E-state index contributed by atoms with van der Waals surface area (Å²) in [6.07, 6.45) is -4.54. The van der Waals surface area contributed by atoms with Gasteiger partial charge in [-0.2, -0.15) is 13.2 Å². The molecule has 0 saturated heterocycles. The quantitative estimate of drug-likeness (QED) is 0.912. The summed E-state index contributed by atoms with van der Waals surface area (Å²) < 4.78 is 39.3. The Morgan fingerprint density at radius 1 is 1.16 bits per heavy atom. The van der Waals surface area contributed by atoms with E-state index in [-0.39, 0.29) is 17.0 Å². The standard InChI is InChI=1S/C12H7ClF3NO2/c13-17-9(5-6-10(17)11(18)19)7-3-1-2-4-8(7)12(14,15)16/h1-6H,(H,18,19). The zero-order chi connectivity index (χ0) is 14.2. The minimum Gasteiger partial charge on any atom is -0.477 e. The Balaban J connectivity index is 2.64. The normalized spacial score (nSPS) is 11.6. The number of halogens is 4. The lowest BCUT2D eigenvalue weighted by atomic mass is 10.0. The number of hydrogen-bond acceptors (Lipinski definition) is 1. The first-order valence-electron chi connectivity index (χ1n) is 5.10. The Labute approximate surface area is 111 Å². The summed E-state index contributed by atoms with van der Waals surface area (Å²) in [7, 11) is 0. The highest BCUT2D eigenvalue weighted by molar-refractivity contribution is 6.19. The second kappa shape index (κ2) is 4.62. The van der Waals surface area contributed by atoms with Gasteiger partial charge < -0.3 is 5.11 Å². The van der Waals surface area contributed by atoms with E-state index in [1.807, 2.05) is 0 Å². The number of carbonyl (C=O) groups is 1. The highest BCUT2D eigenvalue weighted by Crippen LogP contribution is 2.37. The Morgan fingerprint density at radius 3 is 2.32 bits per heavy atom. The molecule has 0 atom stereocenters. The van der Waals surface area contributed by atoms with E-state index in [9.17, 15) is 18.0 Å². The molecule has 19 heavy (non-hydrogen) atoms. The summed E-state index contributed by atoms with van der Waals surface area (Å²) in [4.78, 5) is 10.8. The molecule has 0 aliphatic carbocycles. The Bertz CT molecular complexity index is 634. The van der Waals surface area contributed by atoms with Crippen molar-refractivity contribution in [3.8, 4) is 11.3 Å². The molecule has 100 valence electrons. The predicted molar refractivity (Wildman–Crippen MR) is 63.1 cm³/mol. The molecule has 1 aromatic carbocycles. The molecule has 1 N–H and O–H groups in total. The number of aromatic nitrogens is 1. The van der Waals surface area contributed by atoms with Gasteiger partial charge in [-0.05, 0) is 18.2 Å². The van der Waals surface area contributed by atoms with Crippen LogP contribution in [-0.2, 0) is 6.18 Å². The van der Waals surface area contributed by atoms with Crippen LogP contribution in [0.5, 0.6) is 0 Å². The average Bonchev–Trinajstić information content (AvgIpc) is 2.70. The van der Waals surface area contributed by atoms with Crippen molar-refractivity contribution in [2.24, 2.45) is 0 Å². The molecule has 0 saturated carbocycles. The molecular formula is C12H7ClF3NO2. The fraction of sp³-hybridized carbons (Fsp3) is 0.0833.